The molecule has 7 nitrogen and oxygen atoms in total. The zero-order chi connectivity index (χ0) is 23.4. The fraction of sp³-hybridized carbons (Fsp3) is 0.360. The molecule has 0 saturated carbocycles. The van der Waals surface area contributed by atoms with E-state index in [2.05, 4.69) is 11.9 Å². The molecule has 2 aromatic carbocycles. The van der Waals surface area contributed by atoms with Gasteiger partial charge in [0.15, 0.2) is 0 Å². The summed E-state index contributed by atoms with van der Waals surface area (Å²) in [5.74, 6) is 0.643. The molecule has 0 N–H and O–H groups in total. The van der Waals surface area contributed by atoms with E-state index in [0.29, 0.717) is 30.8 Å². The maximum Gasteiger partial charge on any atom is 0.253 e. The quantitative estimate of drug-likeness (QED) is 0.493. The van der Waals surface area contributed by atoms with Crippen LogP contribution in [0.5, 0.6) is 5.75 Å². The number of unbranched alkanes of at least 4 members (excludes halogenated alkanes) is 1. The normalized spacial score (nSPS) is 15.0. The van der Waals surface area contributed by atoms with Crippen molar-refractivity contribution in [2.45, 2.75) is 31.6 Å². The van der Waals surface area contributed by atoms with E-state index in [1.54, 1.807) is 47.5 Å². The number of para-hydroxylation sites is 1. The molecule has 0 bridgehead atoms. The van der Waals surface area contributed by atoms with Crippen molar-refractivity contribution in [3.63, 3.8) is 0 Å². The SMILES string of the molecule is CCCCOc1ccc(C(=O)N2CCN(S(=O)(=O)c3cccc4cc(C)cnc34)CC2)cc1. The van der Waals surface area contributed by atoms with Crippen LogP contribution in [0, 0.1) is 6.92 Å². The zero-order valence-electron chi connectivity index (χ0n) is 19.0. The summed E-state index contributed by atoms with van der Waals surface area (Å²) in [6.45, 7) is 5.86. The summed E-state index contributed by atoms with van der Waals surface area (Å²) in [5.41, 5.74) is 2.02. The van der Waals surface area contributed by atoms with Crippen LogP contribution in [0.1, 0.15) is 35.7 Å². The van der Waals surface area contributed by atoms with Crippen molar-refractivity contribution in [1.82, 2.24) is 14.2 Å². The number of aryl methyl sites for hydroxylation is 1. The summed E-state index contributed by atoms with van der Waals surface area (Å²) in [5, 5.41) is 0.798. The average Bonchev–Trinajstić information content (AvgIpc) is 2.83. The molecule has 1 aromatic heterocycles. The van der Waals surface area contributed by atoms with Gasteiger partial charge in [0.1, 0.15) is 10.6 Å². The van der Waals surface area contributed by atoms with Crippen LogP contribution in [0.25, 0.3) is 10.9 Å². The van der Waals surface area contributed by atoms with Crippen LogP contribution in [0.4, 0.5) is 0 Å². The molecule has 0 aliphatic carbocycles. The second kappa shape index (κ2) is 9.89. The first-order valence-electron chi connectivity index (χ1n) is 11.3. The van der Waals surface area contributed by atoms with E-state index in [-0.39, 0.29) is 23.9 Å². The summed E-state index contributed by atoms with van der Waals surface area (Å²) in [6, 6.07) is 14.3. The molecule has 0 unspecified atom stereocenters. The number of ether oxygens (including phenoxy) is 1. The van der Waals surface area contributed by atoms with Crippen LogP contribution in [0.2, 0.25) is 0 Å². The van der Waals surface area contributed by atoms with Gasteiger partial charge in [-0.25, -0.2) is 8.42 Å². The van der Waals surface area contributed by atoms with Crippen LogP contribution in [0.3, 0.4) is 0 Å². The summed E-state index contributed by atoms with van der Waals surface area (Å²) in [4.78, 5) is 19.2. The van der Waals surface area contributed by atoms with Gasteiger partial charge in [0.25, 0.3) is 5.91 Å². The van der Waals surface area contributed by atoms with E-state index >= 15 is 0 Å². The third-order valence-electron chi connectivity index (χ3n) is 5.82. The van der Waals surface area contributed by atoms with Gasteiger partial charge in [0.2, 0.25) is 10.0 Å². The number of aromatic nitrogens is 1. The Hall–Kier alpha value is -2.97. The number of pyridine rings is 1. The largest absolute Gasteiger partial charge is 0.494 e. The number of hydrogen-bond donors (Lipinski definition) is 0. The molecular formula is C25H29N3O4S. The molecule has 1 saturated heterocycles. The highest BCUT2D eigenvalue weighted by Crippen LogP contribution is 2.26. The van der Waals surface area contributed by atoms with Crippen molar-refractivity contribution in [2.24, 2.45) is 0 Å². The fourth-order valence-electron chi connectivity index (χ4n) is 3.93. The molecule has 1 fully saturated rings. The molecular weight excluding hydrogens is 438 g/mol. The minimum atomic E-state index is -3.72. The Labute approximate surface area is 195 Å². The molecule has 1 aliphatic heterocycles. The van der Waals surface area contributed by atoms with E-state index in [4.69, 9.17) is 4.74 Å². The highest BCUT2D eigenvalue weighted by molar-refractivity contribution is 7.89. The standard InChI is InChI=1S/C25H29N3O4S/c1-3-4-16-32-22-10-8-20(9-11-22)25(29)27-12-14-28(15-13-27)33(30,31)23-7-5-6-21-17-19(2)18-26-24(21)23/h5-11,17-18H,3-4,12-16H2,1-2H3. The number of carbonyl (C=O) groups is 1. The topological polar surface area (TPSA) is 79.8 Å². The number of benzene rings is 2. The second-order valence-corrected chi connectivity index (χ2v) is 10.2. The maximum absolute atomic E-state index is 13.3. The Morgan fingerprint density at radius 2 is 1.79 bits per heavy atom. The van der Waals surface area contributed by atoms with Gasteiger partial charge in [-0.1, -0.05) is 25.5 Å². The van der Waals surface area contributed by atoms with E-state index in [1.807, 2.05) is 19.1 Å². The van der Waals surface area contributed by atoms with E-state index in [9.17, 15) is 13.2 Å². The van der Waals surface area contributed by atoms with Crippen LogP contribution in [-0.2, 0) is 10.0 Å². The zero-order valence-corrected chi connectivity index (χ0v) is 19.8. The highest BCUT2D eigenvalue weighted by atomic mass is 32.2. The molecule has 0 atom stereocenters. The molecule has 8 heteroatoms. The molecule has 33 heavy (non-hydrogen) atoms. The third-order valence-corrected chi connectivity index (χ3v) is 7.75. The first-order chi connectivity index (χ1) is 15.9. The fourth-order valence-corrected chi connectivity index (χ4v) is 5.52. The molecule has 1 amide bonds. The number of amides is 1. The number of piperazine rings is 1. The van der Waals surface area contributed by atoms with Crippen molar-refractivity contribution in [3.8, 4) is 5.75 Å². The van der Waals surface area contributed by atoms with Gasteiger partial charge < -0.3 is 9.64 Å². The second-order valence-electron chi connectivity index (χ2n) is 8.26. The van der Waals surface area contributed by atoms with Crippen molar-refractivity contribution < 1.29 is 17.9 Å². The molecule has 0 radical (unpaired) electrons. The van der Waals surface area contributed by atoms with Gasteiger partial charge in [-0.3, -0.25) is 9.78 Å². The van der Waals surface area contributed by atoms with Crippen molar-refractivity contribution >= 4 is 26.8 Å². The average molecular weight is 468 g/mol. The van der Waals surface area contributed by atoms with E-state index < -0.39 is 10.0 Å². The van der Waals surface area contributed by atoms with Gasteiger partial charge >= 0.3 is 0 Å². The lowest BCUT2D eigenvalue weighted by atomic mass is 10.2. The van der Waals surface area contributed by atoms with E-state index in [1.165, 1.54) is 4.31 Å². The first kappa shape index (κ1) is 23.2. The van der Waals surface area contributed by atoms with Crippen LogP contribution >= 0.6 is 0 Å². The molecule has 3 aromatic rings. The lowest BCUT2D eigenvalue weighted by molar-refractivity contribution is 0.0698. The lowest BCUT2D eigenvalue weighted by Crippen LogP contribution is -2.50. The van der Waals surface area contributed by atoms with Gasteiger partial charge in [-0.2, -0.15) is 4.31 Å². The number of rotatable bonds is 7. The minimum Gasteiger partial charge on any atom is -0.494 e. The Kier molecular flexibility index (Phi) is 6.95. The van der Waals surface area contributed by atoms with Gasteiger partial charge in [-0.15, -0.1) is 0 Å². The van der Waals surface area contributed by atoms with Crippen molar-refractivity contribution in [1.29, 1.82) is 0 Å². The molecule has 4 rings (SSSR count). The number of sulfonamides is 1. The van der Waals surface area contributed by atoms with Crippen LogP contribution < -0.4 is 4.74 Å². The molecule has 1 aliphatic rings. The van der Waals surface area contributed by atoms with Crippen LogP contribution in [0.15, 0.2) is 59.6 Å². The number of nitrogens with zero attached hydrogens (tertiary/aromatic N) is 3. The Morgan fingerprint density at radius 1 is 1.06 bits per heavy atom. The highest BCUT2D eigenvalue weighted by Gasteiger charge is 2.31. The Balaban J connectivity index is 1.43. The predicted octanol–water partition coefficient (Wildman–Crippen LogP) is 3.87. The Bertz CT molecular complexity index is 1230. The number of carbonyl (C=O) groups excluding carboxylic acids is 1. The number of hydrogen-bond acceptors (Lipinski definition) is 5. The van der Waals surface area contributed by atoms with Crippen molar-refractivity contribution in [2.75, 3.05) is 32.8 Å². The summed E-state index contributed by atoms with van der Waals surface area (Å²) >= 11 is 0. The summed E-state index contributed by atoms with van der Waals surface area (Å²) in [7, 11) is -3.72. The smallest absolute Gasteiger partial charge is 0.253 e. The first-order valence-corrected chi connectivity index (χ1v) is 12.7. The predicted molar refractivity (Wildman–Crippen MR) is 128 cm³/mol. The monoisotopic (exact) mass is 467 g/mol. The molecule has 2 heterocycles. The Morgan fingerprint density at radius 3 is 2.48 bits per heavy atom. The van der Waals surface area contributed by atoms with Gasteiger partial charge in [0.05, 0.1) is 12.1 Å². The summed E-state index contributed by atoms with van der Waals surface area (Å²) in [6.07, 6.45) is 3.73. The van der Waals surface area contributed by atoms with Gasteiger partial charge in [0, 0.05) is 43.3 Å². The lowest BCUT2D eigenvalue weighted by Gasteiger charge is -2.34. The van der Waals surface area contributed by atoms with Crippen molar-refractivity contribution in [3.05, 3.63) is 65.9 Å². The van der Waals surface area contributed by atoms with E-state index in [0.717, 1.165) is 29.5 Å². The number of fused-ring (bicyclic) bond motifs is 1. The molecule has 174 valence electrons. The third kappa shape index (κ3) is 5.02. The van der Waals surface area contributed by atoms with Gasteiger partial charge in [-0.05, 0) is 55.3 Å². The van der Waals surface area contributed by atoms with Crippen LogP contribution in [-0.4, -0.2) is 61.3 Å². The summed E-state index contributed by atoms with van der Waals surface area (Å²) < 4.78 is 33.8. The molecule has 0 spiro atoms. The minimum absolute atomic E-state index is 0.102. The maximum atomic E-state index is 13.3.